The second-order valence-corrected chi connectivity index (χ2v) is 7.39. The molecule has 0 spiro atoms. The molecule has 5 nitrogen and oxygen atoms in total. The van der Waals surface area contributed by atoms with Gasteiger partial charge in [-0.15, -0.1) is 11.8 Å². The summed E-state index contributed by atoms with van der Waals surface area (Å²) in [6.45, 7) is 5.06. The summed E-state index contributed by atoms with van der Waals surface area (Å²) in [7, 11) is 0. The molecule has 0 saturated carbocycles. The molecule has 27 heavy (non-hydrogen) atoms. The second kappa shape index (κ2) is 7.96. The lowest BCUT2D eigenvalue weighted by atomic mass is 10.1. The van der Waals surface area contributed by atoms with Gasteiger partial charge in [-0.3, -0.25) is 4.79 Å². The molecular weight excluding hydrogens is 362 g/mol. The summed E-state index contributed by atoms with van der Waals surface area (Å²) < 4.78 is 16.6. The van der Waals surface area contributed by atoms with Gasteiger partial charge in [-0.1, -0.05) is 36.9 Å². The van der Waals surface area contributed by atoms with Crippen LogP contribution in [0.4, 0.5) is 0 Å². The zero-order chi connectivity index (χ0) is 18.6. The topological polar surface area (TPSA) is 48.0 Å². The van der Waals surface area contributed by atoms with Gasteiger partial charge in [-0.25, -0.2) is 0 Å². The van der Waals surface area contributed by atoms with Crippen molar-refractivity contribution >= 4 is 17.7 Å². The first-order chi connectivity index (χ1) is 13.3. The maximum atomic E-state index is 12.5. The third-order valence-corrected chi connectivity index (χ3v) is 5.83. The smallest absolute Gasteiger partial charge is 0.233 e. The van der Waals surface area contributed by atoms with Gasteiger partial charge in [0.05, 0.1) is 5.75 Å². The van der Waals surface area contributed by atoms with Crippen LogP contribution < -0.4 is 14.2 Å². The average Bonchev–Trinajstić information content (AvgIpc) is 3.31. The number of benzene rings is 2. The summed E-state index contributed by atoms with van der Waals surface area (Å²) in [6.07, 6.45) is 2.48. The summed E-state index contributed by atoms with van der Waals surface area (Å²) in [5.41, 5.74) is 2.15. The molecule has 2 heterocycles. The molecule has 2 aliphatic heterocycles. The van der Waals surface area contributed by atoms with Gasteiger partial charge >= 0.3 is 0 Å². The Morgan fingerprint density at radius 2 is 2.07 bits per heavy atom. The normalized spacial score (nSPS) is 18.0. The van der Waals surface area contributed by atoms with Crippen LogP contribution in [0.25, 0.3) is 0 Å². The Hall–Kier alpha value is -2.60. The fourth-order valence-electron chi connectivity index (χ4n) is 3.26. The zero-order valence-corrected chi connectivity index (χ0v) is 15.7. The molecule has 0 aliphatic carbocycles. The Labute approximate surface area is 162 Å². The van der Waals surface area contributed by atoms with Crippen LogP contribution in [-0.4, -0.2) is 36.5 Å². The van der Waals surface area contributed by atoms with E-state index in [0.717, 1.165) is 34.8 Å². The van der Waals surface area contributed by atoms with E-state index in [0.29, 0.717) is 18.9 Å². The SMILES string of the molecule is C=CCOc1ccccc1C1SCC(=O)N1CCc1ccc2c(c1)OCO2. The lowest BCUT2D eigenvalue weighted by Gasteiger charge is -2.25. The highest BCUT2D eigenvalue weighted by atomic mass is 32.2. The Morgan fingerprint density at radius 1 is 1.22 bits per heavy atom. The number of nitrogens with zero attached hydrogens (tertiary/aromatic N) is 1. The molecule has 2 aromatic rings. The summed E-state index contributed by atoms with van der Waals surface area (Å²) in [4.78, 5) is 14.4. The maximum Gasteiger partial charge on any atom is 0.233 e. The molecule has 1 atom stereocenters. The number of rotatable bonds is 7. The predicted molar refractivity (Wildman–Crippen MR) is 105 cm³/mol. The molecule has 2 aromatic carbocycles. The fraction of sp³-hybridized carbons (Fsp3) is 0.286. The molecule has 1 fully saturated rings. The van der Waals surface area contributed by atoms with Crippen LogP contribution in [0.15, 0.2) is 55.1 Å². The van der Waals surface area contributed by atoms with Gasteiger partial charge in [-0.05, 0) is 30.2 Å². The van der Waals surface area contributed by atoms with E-state index in [9.17, 15) is 4.79 Å². The van der Waals surface area contributed by atoms with E-state index >= 15 is 0 Å². The number of hydrogen-bond donors (Lipinski definition) is 0. The Morgan fingerprint density at radius 3 is 2.96 bits per heavy atom. The number of para-hydroxylation sites is 1. The third-order valence-electron chi connectivity index (χ3n) is 4.59. The molecule has 0 bridgehead atoms. The quantitative estimate of drug-likeness (QED) is 0.681. The van der Waals surface area contributed by atoms with E-state index in [2.05, 4.69) is 6.58 Å². The van der Waals surface area contributed by atoms with Crippen LogP contribution in [0.2, 0.25) is 0 Å². The van der Waals surface area contributed by atoms with Crippen molar-refractivity contribution in [1.29, 1.82) is 0 Å². The molecule has 0 aromatic heterocycles. The maximum absolute atomic E-state index is 12.5. The monoisotopic (exact) mass is 383 g/mol. The minimum atomic E-state index is -0.0347. The molecule has 1 saturated heterocycles. The number of fused-ring (bicyclic) bond motifs is 1. The summed E-state index contributed by atoms with van der Waals surface area (Å²) >= 11 is 1.64. The van der Waals surface area contributed by atoms with Gasteiger partial charge in [0, 0.05) is 12.1 Å². The molecule has 1 unspecified atom stereocenters. The van der Waals surface area contributed by atoms with Crippen LogP contribution in [-0.2, 0) is 11.2 Å². The molecular formula is C21H21NO4S. The number of carbonyl (C=O) groups excluding carboxylic acids is 1. The van der Waals surface area contributed by atoms with Crippen LogP contribution in [0, 0.1) is 0 Å². The van der Waals surface area contributed by atoms with Crippen molar-refractivity contribution in [3.05, 3.63) is 66.2 Å². The van der Waals surface area contributed by atoms with Crippen molar-refractivity contribution in [2.24, 2.45) is 0 Å². The van der Waals surface area contributed by atoms with E-state index < -0.39 is 0 Å². The van der Waals surface area contributed by atoms with Crippen molar-refractivity contribution in [3.63, 3.8) is 0 Å². The lowest BCUT2D eigenvalue weighted by Crippen LogP contribution is -2.30. The molecule has 6 heteroatoms. The van der Waals surface area contributed by atoms with E-state index in [1.807, 2.05) is 47.4 Å². The second-order valence-electron chi connectivity index (χ2n) is 6.33. The first-order valence-corrected chi connectivity index (χ1v) is 9.93. The lowest BCUT2D eigenvalue weighted by molar-refractivity contribution is -0.128. The predicted octanol–water partition coefficient (Wildman–Crippen LogP) is 3.80. The van der Waals surface area contributed by atoms with E-state index in [1.165, 1.54) is 0 Å². The van der Waals surface area contributed by atoms with Gasteiger partial charge in [0.2, 0.25) is 12.7 Å². The number of thioether (sulfide) groups is 1. The summed E-state index contributed by atoms with van der Waals surface area (Å²) in [5.74, 6) is 3.00. The molecule has 1 amide bonds. The fourth-order valence-corrected chi connectivity index (χ4v) is 4.51. The molecule has 140 valence electrons. The Balaban J connectivity index is 1.50. The Bertz CT molecular complexity index is 854. The highest BCUT2D eigenvalue weighted by Crippen LogP contribution is 2.42. The van der Waals surface area contributed by atoms with Gasteiger partial charge in [0.1, 0.15) is 17.7 Å². The zero-order valence-electron chi connectivity index (χ0n) is 14.9. The van der Waals surface area contributed by atoms with Crippen molar-refractivity contribution in [2.75, 3.05) is 25.7 Å². The standard InChI is InChI=1S/C21H21NO4S/c1-2-11-24-17-6-4-3-5-16(17)21-22(20(23)13-27-21)10-9-15-7-8-18-19(12-15)26-14-25-18/h2-8,12,21H,1,9-11,13-14H2. The summed E-state index contributed by atoms with van der Waals surface area (Å²) in [5, 5.41) is -0.0347. The van der Waals surface area contributed by atoms with Crippen LogP contribution in [0.5, 0.6) is 17.2 Å². The van der Waals surface area contributed by atoms with E-state index in [-0.39, 0.29) is 18.1 Å². The molecule has 4 rings (SSSR count). The molecule has 0 radical (unpaired) electrons. The number of hydrogen-bond acceptors (Lipinski definition) is 5. The summed E-state index contributed by atoms with van der Waals surface area (Å²) in [6, 6.07) is 13.8. The van der Waals surface area contributed by atoms with Crippen molar-refractivity contribution in [2.45, 2.75) is 11.8 Å². The highest BCUT2D eigenvalue weighted by molar-refractivity contribution is 8.00. The third kappa shape index (κ3) is 3.76. The highest BCUT2D eigenvalue weighted by Gasteiger charge is 2.34. The first kappa shape index (κ1) is 17.8. The van der Waals surface area contributed by atoms with Gasteiger partial charge in [-0.2, -0.15) is 0 Å². The molecule has 2 aliphatic rings. The van der Waals surface area contributed by atoms with Gasteiger partial charge in [0.15, 0.2) is 11.5 Å². The van der Waals surface area contributed by atoms with Crippen LogP contribution in [0.3, 0.4) is 0 Å². The van der Waals surface area contributed by atoms with Crippen LogP contribution >= 0.6 is 11.8 Å². The minimum Gasteiger partial charge on any atom is -0.489 e. The first-order valence-electron chi connectivity index (χ1n) is 8.88. The van der Waals surface area contributed by atoms with Crippen molar-refractivity contribution < 1.29 is 19.0 Å². The van der Waals surface area contributed by atoms with E-state index in [1.54, 1.807) is 17.8 Å². The van der Waals surface area contributed by atoms with Crippen LogP contribution in [0.1, 0.15) is 16.5 Å². The molecule has 0 N–H and O–H groups in total. The number of amides is 1. The largest absolute Gasteiger partial charge is 0.489 e. The Kier molecular flexibility index (Phi) is 5.25. The average molecular weight is 383 g/mol. The van der Waals surface area contributed by atoms with Crippen molar-refractivity contribution in [1.82, 2.24) is 4.90 Å². The van der Waals surface area contributed by atoms with Gasteiger partial charge < -0.3 is 19.1 Å². The number of carbonyl (C=O) groups is 1. The minimum absolute atomic E-state index is 0.0347. The van der Waals surface area contributed by atoms with Gasteiger partial charge in [0.25, 0.3) is 0 Å². The van der Waals surface area contributed by atoms with Crippen molar-refractivity contribution in [3.8, 4) is 17.2 Å². The number of ether oxygens (including phenoxy) is 3. The van der Waals surface area contributed by atoms with E-state index in [4.69, 9.17) is 14.2 Å².